The van der Waals surface area contributed by atoms with Gasteiger partial charge in [0, 0.05) is 18.5 Å². The van der Waals surface area contributed by atoms with Gasteiger partial charge < -0.3 is 10.3 Å². The molecule has 0 aliphatic rings. The van der Waals surface area contributed by atoms with Gasteiger partial charge in [-0.1, -0.05) is 23.9 Å². The van der Waals surface area contributed by atoms with E-state index < -0.39 is 0 Å². The van der Waals surface area contributed by atoms with Gasteiger partial charge in [0.2, 0.25) is 0 Å². The predicted molar refractivity (Wildman–Crippen MR) is 75.6 cm³/mol. The van der Waals surface area contributed by atoms with Crippen LogP contribution in [0.5, 0.6) is 0 Å². The summed E-state index contributed by atoms with van der Waals surface area (Å²) in [6.45, 7) is 1.96. The molecule has 0 unspecified atom stereocenters. The van der Waals surface area contributed by atoms with Crippen LogP contribution in [0, 0.1) is 6.92 Å². The fourth-order valence-electron chi connectivity index (χ4n) is 1.70. The quantitative estimate of drug-likeness (QED) is 0.511. The molecule has 0 radical (unpaired) electrons. The molecule has 1 aromatic heterocycles. The number of hydrogen-bond acceptors (Lipinski definition) is 4. The maximum absolute atomic E-state index is 5.75. The molecule has 1 aromatic carbocycles. The van der Waals surface area contributed by atoms with Crippen LogP contribution in [0.4, 0.5) is 5.69 Å². The highest BCUT2D eigenvalue weighted by atomic mass is 32.2. The first-order chi connectivity index (χ1) is 8.66. The largest absolute Gasteiger partial charge is 0.399 e. The summed E-state index contributed by atoms with van der Waals surface area (Å²) in [5.41, 5.74) is 7.88. The summed E-state index contributed by atoms with van der Waals surface area (Å²) in [5.74, 6) is 1.99. The monoisotopic (exact) mass is 262 g/mol. The molecule has 1 heterocycles. The zero-order valence-electron chi connectivity index (χ0n) is 10.8. The van der Waals surface area contributed by atoms with Gasteiger partial charge in [-0.3, -0.25) is 0 Å². The van der Waals surface area contributed by atoms with Crippen molar-refractivity contribution in [3.8, 4) is 0 Å². The summed E-state index contributed by atoms with van der Waals surface area (Å²) in [4.78, 5) is 0. The summed E-state index contributed by atoms with van der Waals surface area (Å²) in [7, 11) is 2.00. The SMILES string of the molecule is Cc1nnc(SCCCc2cccc(N)c2)n1C. The van der Waals surface area contributed by atoms with Crippen LogP contribution in [0.25, 0.3) is 0 Å². The Hall–Kier alpha value is -1.49. The Morgan fingerprint density at radius 3 is 2.83 bits per heavy atom. The van der Waals surface area contributed by atoms with Crippen molar-refractivity contribution in [1.82, 2.24) is 14.8 Å². The number of aromatic nitrogens is 3. The molecule has 0 fully saturated rings. The molecule has 2 aromatic rings. The third-order valence-corrected chi connectivity index (χ3v) is 3.95. The van der Waals surface area contributed by atoms with Crippen molar-refractivity contribution in [1.29, 1.82) is 0 Å². The Morgan fingerprint density at radius 2 is 2.17 bits per heavy atom. The summed E-state index contributed by atoms with van der Waals surface area (Å²) >= 11 is 1.75. The van der Waals surface area contributed by atoms with Crippen LogP contribution in [-0.4, -0.2) is 20.5 Å². The number of anilines is 1. The lowest BCUT2D eigenvalue weighted by atomic mass is 10.1. The molecule has 18 heavy (non-hydrogen) atoms. The van der Waals surface area contributed by atoms with E-state index >= 15 is 0 Å². The molecule has 2 rings (SSSR count). The van der Waals surface area contributed by atoms with Crippen LogP contribution < -0.4 is 5.73 Å². The smallest absolute Gasteiger partial charge is 0.190 e. The fraction of sp³-hybridized carbons (Fsp3) is 0.385. The van der Waals surface area contributed by atoms with Crippen molar-refractivity contribution in [2.45, 2.75) is 24.9 Å². The Morgan fingerprint density at radius 1 is 1.33 bits per heavy atom. The molecule has 0 saturated carbocycles. The van der Waals surface area contributed by atoms with Gasteiger partial charge in [-0.2, -0.15) is 0 Å². The molecule has 0 amide bonds. The van der Waals surface area contributed by atoms with Gasteiger partial charge in [0.1, 0.15) is 5.82 Å². The standard InChI is InChI=1S/C13H18N4S/c1-10-15-16-13(17(10)2)18-8-4-6-11-5-3-7-12(14)9-11/h3,5,7,9H,4,6,8,14H2,1-2H3. The molecule has 0 aliphatic heterocycles. The maximum atomic E-state index is 5.75. The van der Waals surface area contributed by atoms with Crippen LogP contribution >= 0.6 is 11.8 Å². The second kappa shape index (κ2) is 5.91. The van der Waals surface area contributed by atoms with Gasteiger partial charge >= 0.3 is 0 Å². The van der Waals surface area contributed by atoms with E-state index in [1.807, 2.05) is 36.7 Å². The molecule has 0 atom stereocenters. The molecule has 0 bridgehead atoms. The van der Waals surface area contributed by atoms with E-state index in [4.69, 9.17) is 5.73 Å². The minimum atomic E-state index is 0.837. The number of thioether (sulfide) groups is 1. The van der Waals surface area contributed by atoms with E-state index in [1.165, 1.54) is 5.56 Å². The van der Waals surface area contributed by atoms with Crippen LogP contribution in [0.1, 0.15) is 17.8 Å². The van der Waals surface area contributed by atoms with Crippen LogP contribution in [0.15, 0.2) is 29.4 Å². The molecule has 0 aliphatic carbocycles. The number of aryl methyl sites for hydroxylation is 2. The van der Waals surface area contributed by atoms with Crippen molar-refractivity contribution < 1.29 is 0 Å². The van der Waals surface area contributed by atoms with E-state index in [1.54, 1.807) is 11.8 Å². The number of nitrogens with zero attached hydrogens (tertiary/aromatic N) is 3. The molecule has 0 saturated heterocycles. The normalized spacial score (nSPS) is 10.8. The number of benzene rings is 1. The molecule has 2 N–H and O–H groups in total. The van der Waals surface area contributed by atoms with Crippen molar-refractivity contribution in [3.05, 3.63) is 35.7 Å². The molecule has 96 valence electrons. The zero-order chi connectivity index (χ0) is 13.0. The summed E-state index contributed by atoms with van der Waals surface area (Å²) in [6, 6.07) is 8.08. The second-order valence-corrected chi connectivity index (χ2v) is 5.35. The van der Waals surface area contributed by atoms with Crippen molar-refractivity contribution in [2.75, 3.05) is 11.5 Å². The lowest BCUT2D eigenvalue weighted by Gasteiger charge is -2.03. The van der Waals surface area contributed by atoms with Crippen molar-refractivity contribution in [2.24, 2.45) is 7.05 Å². The first-order valence-corrected chi connectivity index (χ1v) is 6.98. The molecular weight excluding hydrogens is 244 g/mol. The van der Waals surface area contributed by atoms with Gasteiger partial charge in [0.25, 0.3) is 0 Å². The Kier molecular flexibility index (Phi) is 4.25. The molecular formula is C13H18N4S. The first kappa shape index (κ1) is 13.0. The van der Waals surface area contributed by atoms with Gasteiger partial charge in [0.05, 0.1) is 0 Å². The highest BCUT2D eigenvalue weighted by Crippen LogP contribution is 2.17. The van der Waals surface area contributed by atoms with Crippen molar-refractivity contribution in [3.63, 3.8) is 0 Å². The average Bonchev–Trinajstić information content (AvgIpc) is 2.66. The van der Waals surface area contributed by atoms with E-state index in [2.05, 4.69) is 16.3 Å². The average molecular weight is 262 g/mol. The first-order valence-electron chi connectivity index (χ1n) is 6.00. The number of nitrogens with two attached hydrogens (primary N) is 1. The van der Waals surface area contributed by atoms with Crippen LogP contribution in [0.3, 0.4) is 0 Å². The summed E-state index contributed by atoms with van der Waals surface area (Å²) in [5, 5.41) is 9.16. The maximum Gasteiger partial charge on any atom is 0.190 e. The van der Waals surface area contributed by atoms with Gasteiger partial charge in [-0.05, 0) is 37.5 Å². The van der Waals surface area contributed by atoms with Gasteiger partial charge in [0.15, 0.2) is 5.16 Å². The summed E-state index contributed by atoms with van der Waals surface area (Å²) in [6.07, 6.45) is 2.16. The second-order valence-electron chi connectivity index (χ2n) is 4.29. The van der Waals surface area contributed by atoms with Gasteiger partial charge in [-0.25, -0.2) is 0 Å². The summed E-state index contributed by atoms with van der Waals surface area (Å²) < 4.78 is 2.02. The Labute approximate surface area is 112 Å². The molecule has 5 heteroatoms. The van der Waals surface area contributed by atoms with E-state index in [0.717, 1.165) is 35.3 Å². The minimum Gasteiger partial charge on any atom is -0.399 e. The van der Waals surface area contributed by atoms with E-state index in [-0.39, 0.29) is 0 Å². The number of hydrogen-bond donors (Lipinski definition) is 1. The predicted octanol–water partition coefficient (Wildman–Crippen LogP) is 2.43. The third-order valence-electron chi connectivity index (χ3n) is 2.84. The highest BCUT2D eigenvalue weighted by Gasteiger charge is 2.04. The topological polar surface area (TPSA) is 56.7 Å². The Balaban J connectivity index is 1.78. The molecule has 4 nitrogen and oxygen atoms in total. The van der Waals surface area contributed by atoms with Crippen LogP contribution in [-0.2, 0) is 13.5 Å². The number of nitrogen functional groups attached to an aromatic ring is 1. The van der Waals surface area contributed by atoms with E-state index in [0.29, 0.717) is 0 Å². The Bertz CT molecular complexity index is 521. The third kappa shape index (κ3) is 3.26. The lowest BCUT2D eigenvalue weighted by molar-refractivity contribution is 0.764. The van der Waals surface area contributed by atoms with Crippen LogP contribution in [0.2, 0.25) is 0 Å². The number of rotatable bonds is 5. The highest BCUT2D eigenvalue weighted by molar-refractivity contribution is 7.99. The minimum absolute atomic E-state index is 0.837. The fourth-order valence-corrected chi connectivity index (χ4v) is 2.60. The zero-order valence-corrected chi connectivity index (χ0v) is 11.6. The van der Waals surface area contributed by atoms with Crippen molar-refractivity contribution >= 4 is 17.4 Å². The van der Waals surface area contributed by atoms with Gasteiger partial charge in [-0.15, -0.1) is 10.2 Å². The molecule has 0 spiro atoms. The van der Waals surface area contributed by atoms with E-state index in [9.17, 15) is 0 Å². The lowest BCUT2D eigenvalue weighted by Crippen LogP contribution is -1.95.